The first kappa shape index (κ1) is 13.2. The van der Waals surface area contributed by atoms with E-state index in [1.807, 2.05) is 18.2 Å². The van der Waals surface area contributed by atoms with Crippen LogP contribution in [-0.4, -0.2) is 5.78 Å². The van der Waals surface area contributed by atoms with E-state index in [2.05, 4.69) is 22.6 Å². The lowest BCUT2D eigenvalue weighted by Gasteiger charge is -2.07. The highest BCUT2D eigenvalue weighted by Crippen LogP contribution is 2.20. The molecule has 0 spiro atoms. The molecule has 0 unspecified atom stereocenters. The molecule has 0 radical (unpaired) electrons. The van der Waals surface area contributed by atoms with Crippen LogP contribution >= 0.6 is 22.6 Å². The van der Waals surface area contributed by atoms with Crippen LogP contribution in [-0.2, 0) is 0 Å². The molecule has 0 amide bonds. The first-order valence-electron chi connectivity index (χ1n) is 5.56. The van der Waals surface area contributed by atoms with Crippen LogP contribution in [0.3, 0.4) is 0 Å². The van der Waals surface area contributed by atoms with E-state index in [1.54, 1.807) is 32.0 Å². The molecular weight excluding hydrogens is 342 g/mol. The molecule has 0 atom stereocenters. The minimum absolute atomic E-state index is 0.0637. The standard InChI is InChI=1S/C15H12FIO/c1-9-7-11(8-10(2)14(9)16)15(18)12-5-3-4-6-13(12)17/h3-8H,1-2H3. The van der Waals surface area contributed by atoms with Crippen LogP contribution in [0, 0.1) is 23.2 Å². The molecule has 0 saturated carbocycles. The van der Waals surface area contributed by atoms with Gasteiger partial charge in [-0.15, -0.1) is 0 Å². The molecule has 0 bridgehead atoms. The fraction of sp³-hybridized carbons (Fsp3) is 0.133. The quantitative estimate of drug-likeness (QED) is 0.581. The van der Waals surface area contributed by atoms with E-state index in [9.17, 15) is 9.18 Å². The van der Waals surface area contributed by atoms with Crippen molar-refractivity contribution in [2.75, 3.05) is 0 Å². The minimum Gasteiger partial charge on any atom is -0.289 e. The number of rotatable bonds is 2. The summed E-state index contributed by atoms with van der Waals surface area (Å²) in [5, 5.41) is 0. The van der Waals surface area contributed by atoms with Crippen molar-refractivity contribution in [1.82, 2.24) is 0 Å². The van der Waals surface area contributed by atoms with Gasteiger partial charge in [0.05, 0.1) is 0 Å². The van der Waals surface area contributed by atoms with Gasteiger partial charge in [0, 0.05) is 14.7 Å². The fourth-order valence-corrected chi connectivity index (χ4v) is 2.51. The number of aryl methyl sites for hydroxylation is 2. The molecule has 0 N–H and O–H groups in total. The third-order valence-corrected chi connectivity index (χ3v) is 3.76. The Morgan fingerprint density at radius 3 is 2.22 bits per heavy atom. The Labute approximate surface area is 119 Å². The Morgan fingerprint density at radius 1 is 1.11 bits per heavy atom. The molecule has 3 heteroatoms. The largest absolute Gasteiger partial charge is 0.289 e. The number of carbonyl (C=O) groups excluding carboxylic acids is 1. The van der Waals surface area contributed by atoms with E-state index in [0.29, 0.717) is 22.3 Å². The first-order valence-corrected chi connectivity index (χ1v) is 6.64. The second-order valence-electron chi connectivity index (χ2n) is 4.23. The number of halogens is 2. The molecule has 92 valence electrons. The van der Waals surface area contributed by atoms with Gasteiger partial charge in [-0.25, -0.2) is 4.39 Å². The van der Waals surface area contributed by atoms with Crippen molar-refractivity contribution < 1.29 is 9.18 Å². The molecule has 0 aromatic heterocycles. The van der Waals surface area contributed by atoms with E-state index in [0.717, 1.165) is 3.57 Å². The van der Waals surface area contributed by atoms with Crippen molar-refractivity contribution in [2.45, 2.75) is 13.8 Å². The maximum atomic E-state index is 13.5. The van der Waals surface area contributed by atoms with Crippen molar-refractivity contribution in [3.8, 4) is 0 Å². The van der Waals surface area contributed by atoms with Crippen LogP contribution in [0.1, 0.15) is 27.0 Å². The molecule has 0 aliphatic carbocycles. The zero-order valence-electron chi connectivity index (χ0n) is 10.1. The lowest BCUT2D eigenvalue weighted by atomic mass is 9.99. The summed E-state index contributed by atoms with van der Waals surface area (Å²) < 4.78 is 14.4. The topological polar surface area (TPSA) is 17.1 Å². The lowest BCUT2D eigenvalue weighted by molar-refractivity contribution is 0.103. The Morgan fingerprint density at radius 2 is 1.67 bits per heavy atom. The summed E-state index contributed by atoms with van der Waals surface area (Å²) in [7, 11) is 0. The van der Waals surface area contributed by atoms with Gasteiger partial charge in [-0.2, -0.15) is 0 Å². The molecule has 18 heavy (non-hydrogen) atoms. The molecule has 2 aromatic carbocycles. The Bertz CT molecular complexity index is 597. The molecule has 2 rings (SSSR count). The summed E-state index contributed by atoms with van der Waals surface area (Å²) in [5.41, 5.74) is 2.20. The average molecular weight is 354 g/mol. The maximum absolute atomic E-state index is 13.5. The summed E-state index contributed by atoms with van der Waals surface area (Å²) in [6, 6.07) is 10.6. The lowest BCUT2D eigenvalue weighted by Crippen LogP contribution is -2.05. The van der Waals surface area contributed by atoms with Gasteiger partial charge in [-0.05, 0) is 71.8 Å². The van der Waals surface area contributed by atoms with Crippen molar-refractivity contribution in [1.29, 1.82) is 0 Å². The van der Waals surface area contributed by atoms with Crippen LogP contribution in [0.15, 0.2) is 36.4 Å². The van der Waals surface area contributed by atoms with Crippen molar-refractivity contribution in [3.05, 3.63) is 68.0 Å². The van der Waals surface area contributed by atoms with Gasteiger partial charge in [0.25, 0.3) is 0 Å². The minimum atomic E-state index is -0.241. The summed E-state index contributed by atoms with van der Waals surface area (Å²) in [4.78, 5) is 12.4. The van der Waals surface area contributed by atoms with Gasteiger partial charge in [0.2, 0.25) is 0 Å². The SMILES string of the molecule is Cc1cc(C(=O)c2ccccc2I)cc(C)c1F. The average Bonchev–Trinajstić information content (AvgIpc) is 2.35. The number of hydrogen-bond acceptors (Lipinski definition) is 1. The summed E-state index contributed by atoms with van der Waals surface area (Å²) >= 11 is 2.13. The predicted octanol–water partition coefficient (Wildman–Crippen LogP) is 4.28. The van der Waals surface area contributed by atoms with Crippen molar-refractivity contribution in [3.63, 3.8) is 0 Å². The van der Waals surface area contributed by atoms with Crippen molar-refractivity contribution in [2.24, 2.45) is 0 Å². The van der Waals surface area contributed by atoms with E-state index < -0.39 is 0 Å². The van der Waals surface area contributed by atoms with Gasteiger partial charge in [-0.1, -0.05) is 12.1 Å². The van der Waals surface area contributed by atoms with Crippen LogP contribution in [0.2, 0.25) is 0 Å². The van der Waals surface area contributed by atoms with E-state index in [1.165, 1.54) is 0 Å². The number of carbonyl (C=O) groups is 1. The normalized spacial score (nSPS) is 10.4. The molecule has 1 nitrogen and oxygen atoms in total. The molecule has 2 aromatic rings. The zero-order chi connectivity index (χ0) is 13.3. The van der Waals surface area contributed by atoms with E-state index in [-0.39, 0.29) is 11.6 Å². The Hall–Kier alpha value is -1.23. The third kappa shape index (κ3) is 2.46. The Kier molecular flexibility index (Phi) is 3.80. The van der Waals surface area contributed by atoms with Gasteiger partial charge in [0.1, 0.15) is 5.82 Å². The van der Waals surface area contributed by atoms with Crippen LogP contribution < -0.4 is 0 Å². The molecule has 0 aliphatic heterocycles. The maximum Gasteiger partial charge on any atom is 0.194 e. The second kappa shape index (κ2) is 5.18. The third-order valence-electron chi connectivity index (χ3n) is 2.82. The van der Waals surface area contributed by atoms with E-state index >= 15 is 0 Å². The predicted molar refractivity (Wildman–Crippen MR) is 78.5 cm³/mol. The fourth-order valence-electron chi connectivity index (χ4n) is 1.88. The molecule has 0 heterocycles. The summed E-state index contributed by atoms with van der Waals surface area (Å²) in [5.74, 6) is -0.305. The smallest absolute Gasteiger partial charge is 0.194 e. The van der Waals surface area contributed by atoms with E-state index in [4.69, 9.17) is 0 Å². The molecule has 0 saturated heterocycles. The number of hydrogen-bond donors (Lipinski definition) is 0. The number of ketones is 1. The van der Waals surface area contributed by atoms with Gasteiger partial charge in [0.15, 0.2) is 5.78 Å². The highest BCUT2D eigenvalue weighted by Gasteiger charge is 2.14. The molecule has 0 aliphatic rings. The summed E-state index contributed by atoms with van der Waals surface area (Å²) in [6.45, 7) is 3.35. The van der Waals surface area contributed by atoms with Gasteiger partial charge < -0.3 is 0 Å². The Balaban J connectivity index is 2.51. The second-order valence-corrected chi connectivity index (χ2v) is 5.40. The van der Waals surface area contributed by atoms with Crippen molar-refractivity contribution >= 4 is 28.4 Å². The monoisotopic (exact) mass is 354 g/mol. The van der Waals surface area contributed by atoms with Crippen LogP contribution in [0.4, 0.5) is 4.39 Å². The van der Waals surface area contributed by atoms with Crippen LogP contribution in [0.25, 0.3) is 0 Å². The van der Waals surface area contributed by atoms with Crippen LogP contribution in [0.5, 0.6) is 0 Å². The first-order chi connectivity index (χ1) is 8.50. The highest BCUT2D eigenvalue weighted by molar-refractivity contribution is 14.1. The van der Waals surface area contributed by atoms with Gasteiger partial charge >= 0.3 is 0 Å². The number of benzene rings is 2. The van der Waals surface area contributed by atoms with Gasteiger partial charge in [-0.3, -0.25) is 4.79 Å². The zero-order valence-corrected chi connectivity index (χ0v) is 12.3. The highest BCUT2D eigenvalue weighted by atomic mass is 127. The summed E-state index contributed by atoms with van der Waals surface area (Å²) in [6.07, 6.45) is 0. The molecule has 0 fully saturated rings. The molecular formula is C15H12FIO.